The number of benzene rings is 1. The lowest BCUT2D eigenvalue weighted by atomic mass is 10.2. The number of halogens is 1. The van der Waals surface area contributed by atoms with Gasteiger partial charge in [0.05, 0.1) is 13.5 Å². The van der Waals surface area contributed by atoms with Crippen molar-refractivity contribution in [1.29, 1.82) is 0 Å². The molecule has 0 radical (unpaired) electrons. The minimum atomic E-state index is -0.296. The fourth-order valence-corrected chi connectivity index (χ4v) is 2.03. The van der Waals surface area contributed by atoms with Crippen LogP contribution in [-0.4, -0.2) is 37.0 Å². The summed E-state index contributed by atoms with van der Waals surface area (Å²) in [5.41, 5.74) is 0.633. The van der Waals surface area contributed by atoms with Gasteiger partial charge in [0.25, 0.3) is 5.91 Å². The third-order valence-corrected chi connectivity index (χ3v) is 3.50. The summed E-state index contributed by atoms with van der Waals surface area (Å²) < 4.78 is 5.56. The molecule has 0 spiro atoms. The van der Waals surface area contributed by atoms with E-state index < -0.39 is 0 Å². The molecule has 1 aromatic carbocycles. The number of carbonyl (C=O) groups is 2. The van der Waals surface area contributed by atoms with Gasteiger partial charge in [-0.1, -0.05) is 29.3 Å². The van der Waals surface area contributed by atoms with Gasteiger partial charge < -0.3 is 9.64 Å². The Bertz CT molecular complexity index is 445. The monoisotopic (exact) mass is 341 g/mol. The van der Waals surface area contributed by atoms with Crippen LogP contribution >= 0.6 is 15.9 Å². The molecule has 4 nitrogen and oxygen atoms in total. The minimum absolute atomic E-state index is 0.0464. The van der Waals surface area contributed by atoms with E-state index in [0.717, 1.165) is 17.3 Å². The molecule has 0 aliphatic heterocycles. The first-order valence-electron chi connectivity index (χ1n) is 6.70. The number of hydrogen-bond acceptors (Lipinski definition) is 3. The summed E-state index contributed by atoms with van der Waals surface area (Å²) in [6, 6.07) is 7.24. The van der Waals surface area contributed by atoms with Gasteiger partial charge in [-0.3, -0.25) is 9.59 Å². The summed E-state index contributed by atoms with van der Waals surface area (Å²) >= 11 is 3.35. The lowest BCUT2D eigenvalue weighted by Crippen LogP contribution is -2.34. The summed E-state index contributed by atoms with van der Waals surface area (Å²) in [6.07, 6.45) is 2.15. The maximum Gasteiger partial charge on any atom is 0.307 e. The van der Waals surface area contributed by atoms with E-state index in [1.807, 2.05) is 12.1 Å². The molecule has 0 heterocycles. The smallest absolute Gasteiger partial charge is 0.307 e. The fourth-order valence-electron chi connectivity index (χ4n) is 1.77. The summed E-state index contributed by atoms with van der Waals surface area (Å²) in [5.74, 6) is -0.343. The molecule has 0 aliphatic rings. The Morgan fingerprint density at radius 1 is 1.20 bits per heavy atom. The molecule has 1 rings (SSSR count). The number of rotatable bonds is 7. The minimum Gasteiger partial charge on any atom is -0.469 e. The van der Waals surface area contributed by atoms with Crippen molar-refractivity contribution in [3.8, 4) is 0 Å². The van der Waals surface area contributed by atoms with Gasteiger partial charge in [0.1, 0.15) is 0 Å². The molecule has 0 N–H and O–H groups in total. The lowest BCUT2D eigenvalue weighted by Gasteiger charge is -2.22. The summed E-state index contributed by atoms with van der Waals surface area (Å²) in [6.45, 7) is 3.12. The van der Waals surface area contributed by atoms with Crippen molar-refractivity contribution in [2.45, 2.75) is 26.2 Å². The molecule has 0 atom stereocenters. The normalized spacial score (nSPS) is 10.2. The predicted molar refractivity (Wildman–Crippen MR) is 81.6 cm³/mol. The van der Waals surface area contributed by atoms with Crippen LogP contribution < -0.4 is 0 Å². The second kappa shape index (κ2) is 8.74. The van der Waals surface area contributed by atoms with Crippen molar-refractivity contribution < 1.29 is 14.3 Å². The molecule has 0 saturated carbocycles. The van der Waals surface area contributed by atoms with Crippen molar-refractivity contribution in [3.63, 3.8) is 0 Å². The number of carbonyl (C=O) groups excluding carboxylic acids is 2. The summed E-state index contributed by atoms with van der Waals surface area (Å²) in [4.78, 5) is 25.4. The van der Waals surface area contributed by atoms with E-state index in [9.17, 15) is 9.59 Å². The zero-order valence-electron chi connectivity index (χ0n) is 11.9. The third kappa shape index (κ3) is 5.33. The van der Waals surface area contributed by atoms with Gasteiger partial charge in [0.15, 0.2) is 0 Å². The fraction of sp³-hybridized carbons (Fsp3) is 0.467. The largest absolute Gasteiger partial charge is 0.469 e. The first-order chi connectivity index (χ1) is 9.58. The highest BCUT2D eigenvalue weighted by Gasteiger charge is 2.16. The van der Waals surface area contributed by atoms with Gasteiger partial charge in [0, 0.05) is 23.1 Å². The molecule has 110 valence electrons. The zero-order valence-corrected chi connectivity index (χ0v) is 13.5. The first kappa shape index (κ1) is 16.7. The molecule has 20 heavy (non-hydrogen) atoms. The Morgan fingerprint density at radius 3 is 2.40 bits per heavy atom. The van der Waals surface area contributed by atoms with Gasteiger partial charge in [0.2, 0.25) is 0 Å². The molecule has 0 aromatic heterocycles. The van der Waals surface area contributed by atoms with Crippen molar-refractivity contribution in [3.05, 3.63) is 34.3 Å². The van der Waals surface area contributed by atoms with Gasteiger partial charge in [-0.05, 0) is 30.7 Å². The van der Waals surface area contributed by atoms with Crippen molar-refractivity contribution >= 4 is 27.8 Å². The Hall–Kier alpha value is -1.36. The lowest BCUT2D eigenvalue weighted by molar-refractivity contribution is -0.140. The highest BCUT2D eigenvalue weighted by molar-refractivity contribution is 9.10. The maximum atomic E-state index is 12.4. The number of unbranched alkanes of at least 4 members (excludes halogenated alkanes) is 1. The van der Waals surface area contributed by atoms with Gasteiger partial charge in [-0.15, -0.1) is 0 Å². The Labute approximate surface area is 128 Å². The molecule has 1 amide bonds. The average Bonchev–Trinajstić information content (AvgIpc) is 2.47. The number of methoxy groups -OCH3 is 1. The molecule has 1 aromatic rings. The Kier molecular flexibility index (Phi) is 7.30. The topological polar surface area (TPSA) is 46.6 Å². The van der Waals surface area contributed by atoms with E-state index >= 15 is 0 Å². The van der Waals surface area contributed by atoms with Crippen LogP contribution in [0.3, 0.4) is 0 Å². The second-order valence-electron chi connectivity index (χ2n) is 4.48. The number of ether oxygens (including phenoxy) is 1. The van der Waals surface area contributed by atoms with Crippen LogP contribution in [0.25, 0.3) is 0 Å². The number of esters is 1. The SMILES string of the molecule is CCCCN(CCC(=O)OC)C(=O)c1ccc(Br)cc1. The van der Waals surface area contributed by atoms with Gasteiger partial charge in [-0.25, -0.2) is 0 Å². The third-order valence-electron chi connectivity index (χ3n) is 2.97. The highest BCUT2D eigenvalue weighted by atomic mass is 79.9. The van der Waals surface area contributed by atoms with E-state index in [1.165, 1.54) is 7.11 Å². The van der Waals surface area contributed by atoms with Crippen LogP contribution in [0.5, 0.6) is 0 Å². The van der Waals surface area contributed by atoms with Crippen molar-refractivity contribution in [2.75, 3.05) is 20.2 Å². The summed E-state index contributed by atoms with van der Waals surface area (Å²) in [7, 11) is 1.36. The number of amides is 1. The summed E-state index contributed by atoms with van der Waals surface area (Å²) in [5, 5.41) is 0. The highest BCUT2D eigenvalue weighted by Crippen LogP contribution is 2.13. The van der Waals surface area contributed by atoms with E-state index in [4.69, 9.17) is 0 Å². The standard InChI is InChI=1S/C15H20BrNO3/c1-3-4-10-17(11-9-14(18)20-2)15(19)12-5-7-13(16)8-6-12/h5-8H,3-4,9-11H2,1-2H3. The zero-order chi connectivity index (χ0) is 15.0. The van der Waals surface area contributed by atoms with Crippen LogP contribution in [0.4, 0.5) is 0 Å². The number of nitrogens with zero attached hydrogens (tertiary/aromatic N) is 1. The quantitative estimate of drug-likeness (QED) is 0.715. The first-order valence-corrected chi connectivity index (χ1v) is 7.49. The molecular weight excluding hydrogens is 322 g/mol. The number of hydrogen-bond donors (Lipinski definition) is 0. The predicted octanol–water partition coefficient (Wildman–Crippen LogP) is 3.25. The molecule has 0 aliphatic carbocycles. The molecule has 5 heteroatoms. The van der Waals surface area contributed by atoms with Crippen molar-refractivity contribution in [2.24, 2.45) is 0 Å². The van der Waals surface area contributed by atoms with Crippen molar-refractivity contribution in [1.82, 2.24) is 4.90 Å². The van der Waals surface area contributed by atoms with Crippen LogP contribution in [0.1, 0.15) is 36.5 Å². The second-order valence-corrected chi connectivity index (χ2v) is 5.39. The molecule has 0 saturated heterocycles. The van der Waals surface area contributed by atoms with E-state index in [0.29, 0.717) is 18.7 Å². The van der Waals surface area contributed by atoms with E-state index in [2.05, 4.69) is 27.6 Å². The molecular formula is C15H20BrNO3. The van der Waals surface area contributed by atoms with Crippen LogP contribution in [0.15, 0.2) is 28.7 Å². The maximum absolute atomic E-state index is 12.4. The van der Waals surface area contributed by atoms with Gasteiger partial charge >= 0.3 is 5.97 Å². The van der Waals surface area contributed by atoms with Crippen LogP contribution in [0.2, 0.25) is 0 Å². The van der Waals surface area contributed by atoms with E-state index in [-0.39, 0.29) is 18.3 Å². The molecule has 0 bridgehead atoms. The van der Waals surface area contributed by atoms with Crippen LogP contribution in [-0.2, 0) is 9.53 Å². The Morgan fingerprint density at radius 2 is 1.85 bits per heavy atom. The molecule has 0 unspecified atom stereocenters. The Balaban J connectivity index is 2.72. The molecule has 0 fully saturated rings. The average molecular weight is 342 g/mol. The van der Waals surface area contributed by atoms with Crippen LogP contribution in [0, 0.1) is 0 Å². The van der Waals surface area contributed by atoms with Gasteiger partial charge in [-0.2, -0.15) is 0 Å². The van der Waals surface area contributed by atoms with E-state index in [1.54, 1.807) is 17.0 Å².